The van der Waals surface area contributed by atoms with Crippen LogP contribution in [0.2, 0.25) is 0 Å². The van der Waals surface area contributed by atoms with E-state index in [0.717, 1.165) is 11.4 Å². The van der Waals surface area contributed by atoms with Gasteiger partial charge in [-0.05, 0) is 18.8 Å². The van der Waals surface area contributed by atoms with E-state index in [0.29, 0.717) is 12.3 Å². The molecular formula is C15H24ClN3O3S. The lowest BCUT2D eigenvalue weighted by molar-refractivity contribution is -0.139. The molecule has 1 fully saturated rings. The molecule has 1 aliphatic rings. The van der Waals surface area contributed by atoms with E-state index < -0.39 is 12.0 Å². The standard InChI is InChI=1S/C15H23N3O3S.ClH/c1-8(2)6-11(17-9(3)19)13-10(14-16-4-5-22-14)7-12(18-13)15(20)21;/h4-5,8,10-13,18H,6-7H2,1-3H3,(H,17,19)(H,20,21);1H/t10-,11+,12-,13-;/m1./s1. The highest BCUT2D eigenvalue weighted by molar-refractivity contribution is 7.09. The van der Waals surface area contributed by atoms with Crippen molar-refractivity contribution < 1.29 is 14.7 Å². The van der Waals surface area contributed by atoms with Gasteiger partial charge in [0.1, 0.15) is 6.04 Å². The molecule has 3 N–H and O–H groups in total. The van der Waals surface area contributed by atoms with Gasteiger partial charge in [0.05, 0.1) is 5.01 Å². The topological polar surface area (TPSA) is 91.3 Å². The second-order valence-corrected chi connectivity index (χ2v) is 7.16. The highest BCUT2D eigenvalue weighted by Gasteiger charge is 2.43. The van der Waals surface area contributed by atoms with Gasteiger partial charge in [-0.2, -0.15) is 0 Å². The number of aromatic nitrogens is 1. The molecule has 4 atom stereocenters. The zero-order chi connectivity index (χ0) is 16.3. The Balaban J connectivity index is 0.00000264. The molecule has 1 saturated heterocycles. The van der Waals surface area contributed by atoms with Crippen molar-refractivity contribution in [1.82, 2.24) is 15.6 Å². The third kappa shape index (κ3) is 5.16. The van der Waals surface area contributed by atoms with Crippen LogP contribution < -0.4 is 10.6 Å². The van der Waals surface area contributed by atoms with Crippen LogP contribution in [0.1, 0.15) is 44.5 Å². The normalized spacial score (nSPS) is 25.0. The number of aliphatic carboxylic acids is 1. The first-order valence-electron chi connectivity index (χ1n) is 7.53. The van der Waals surface area contributed by atoms with Gasteiger partial charge < -0.3 is 10.4 Å². The van der Waals surface area contributed by atoms with Crippen molar-refractivity contribution in [1.29, 1.82) is 0 Å². The maximum atomic E-state index is 11.5. The van der Waals surface area contributed by atoms with Crippen molar-refractivity contribution in [3.8, 4) is 0 Å². The number of nitrogens with zero attached hydrogens (tertiary/aromatic N) is 1. The van der Waals surface area contributed by atoms with Crippen molar-refractivity contribution in [2.45, 2.75) is 57.7 Å². The summed E-state index contributed by atoms with van der Waals surface area (Å²) in [4.78, 5) is 27.3. The average Bonchev–Trinajstić information content (AvgIpc) is 3.06. The van der Waals surface area contributed by atoms with Gasteiger partial charge in [0.25, 0.3) is 0 Å². The number of carbonyl (C=O) groups is 2. The molecular weight excluding hydrogens is 338 g/mol. The number of carbonyl (C=O) groups excluding carboxylic acids is 1. The van der Waals surface area contributed by atoms with Crippen molar-refractivity contribution in [2.24, 2.45) is 5.92 Å². The Kier molecular flexibility index (Phi) is 7.44. The molecule has 1 aliphatic heterocycles. The summed E-state index contributed by atoms with van der Waals surface area (Å²) in [6.07, 6.45) is 3.04. The van der Waals surface area contributed by atoms with Gasteiger partial charge >= 0.3 is 5.97 Å². The highest BCUT2D eigenvalue weighted by atomic mass is 35.5. The zero-order valence-electron chi connectivity index (χ0n) is 13.5. The van der Waals surface area contributed by atoms with Crippen molar-refractivity contribution in [2.75, 3.05) is 0 Å². The molecule has 23 heavy (non-hydrogen) atoms. The summed E-state index contributed by atoms with van der Waals surface area (Å²) >= 11 is 1.54. The van der Waals surface area contributed by atoms with Crippen LogP contribution in [0, 0.1) is 5.92 Å². The van der Waals surface area contributed by atoms with E-state index in [4.69, 9.17) is 0 Å². The van der Waals surface area contributed by atoms with Crippen molar-refractivity contribution >= 4 is 35.6 Å². The van der Waals surface area contributed by atoms with E-state index in [1.807, 2.05) is 5.38 Å². The molecule has 0 bridgehead atoms. The van der Waals surface area contributed by atoms with E-state index in [2.05, 4.69) is 29.5 Å². The maximum absolute atomic E-state index is 11.5. The number of hydrogen-bond acceptors (Lipinski definition) is 5. The minimum atomic E-state index is -0.852. The van der Waals surface area contributed by atoms with Crippen LogP contribution in [0.3, 0.4) is 0 Å². The Labute approximate surface area is 146 Å². The average molecular weight is 362 g/mol. The lowest BCUT2D eigenvalue weighted by Gasteiger charge is -2.30. The Morgan fingerprint density at radius 2 is 2.22 bits per heavy atom. The van der Waals surface area contributed by atoms with Crippen LogP contribution in [0.25, 0.3) is 0 Å². The summed E-state index contributed by atoms with van der Waals surface area (Å²) in [6.45, 7) is 5.68. The molecule has 8 heteroatoms. The molecule has 6 nitrogen and oxygen atoms in total. The van der Waals surface area contributed by atoms with Gasteiger partial charge in [-0.15, -0.1) is 23.7 Å². The predicted octanol–water partition coefficient (Wildman–Crippen LogP) is 2.01. The zero-order valence-corrected chi connectivity index (χ0v) is 15.1. The minimum Gasteiger partial charge on any atom is -0.480 e. The summed E-state index contributed by atoms with van der Waals surface area (Å²) < 4.78 is 0. The monoisotopic (exact) mass is 361 g/mol. The SMILES string of the molecule is CC(=O)N[C@@H](CC(C)C)[C@@H]1N[C@@H](C(=O)O)C[C@H]1c1nccs1.Cl. The summed E-state index contributed by atoms with van der Waals surface area (Å²) in [5.41, 5.74) is 0. The number of rotatable bonds is 6. The first kappa shape index (κ1) is 19.9. The summed E-state index contributed by atoms with van der Waals surface area (Å²) in [7, 11) is 0. The predicted molar refractivity (Wildman–Crippen MR) is 92.1 cm³/mol. The lowest BCUT2D eigenvalue weighted by atomic mass is 9.89. The summed E-state index contributed by atoms with van der Waals surface area (Å²) in [6, 6.07) is -0.809. The smallest absolute Gasteiger partial charge is 0.320 e. The van der Waals surface area contributed by atoms with Gasteiger partial charge in [0.15, 0.2) is 0 Å². The second kappa shape index (κ2) is 8.61. The number of nitrogens with one attached hydrogen (secondary N) is 2. The van der Waals surface area contributed by atoms with Crippen LogP contribution in [0.4, 0.5) is 0 Å². The molecule has 130 valence electrons. The number of amides is 1. The number of carboxylic acid groups (broad SMARTS) is 1. The molecule has 2 rings (SSSR count). The Hall–Kier alpha value is -1.18. The van der Waals surface area contributed by atoms with Crippen LogP contribution in [0.5, 0.6) is 0 Å². The second-order valence-electron chi connectivity index (χ2n) is 6.23. The first-order valence-corrected chi connectivity index (χ1v) is 8.41. The van der Waals surface area contributed by atoms with E-state index >= 15 is 0 Å². The number of halogens is 1. The third-order valence-electron chi connectivity index (χ3n) is 3.93. The van der Waals surface area contributed by atoms with Crippen LogP contribution in [-0.4, -0.2) is 40.1 Å². The van der Waals surface area contributed by atoms with E-state index in [-0.39, 0.29) is 36.3 Å². The van der Waals surface area contributed by atoms with Gasteiger partial charge in [-0.3, -0.25) is 14.9 Å². The van der Waals surface area contributed by atoms with E-state index in [9.17, 15) is 14.7 Å². The molecule has 1 aromatic rings. The molecule has 0 spiro atoms. The Bertz CT molecular complexity index is 524. The maximum Gasteiger partial charge on any atom is 0.320 e. The molecule has 0 unspecified atom stereocenters. The minimum absolute atomic E-state index is 0. The molecule has 0 aromatic carbocycles. The molecule has 0 saturated carbocycles. The largest absolute Gasteiger partial charge is 0.480 e. The van der Waals surface area contributed by atoms with E-state index in [1.165, 1.54) is 18.3 Å². The lowest BCUT2D eigenvalue weighted by Crippen LogP contribution is -2.51. The third-order valence-corrected chi connectivity index (χ3v) is 4.84. The van der Waals surface area contributed by atoms with Crippen LogP contribution >= 0.6 is 23.7 Å². The number of hydrogen-bond donors (Lipinski definition) is 3. The number of thiazole rings is 1. The Morgan fingerprint density at radius 1 is 1.52 bits per heavy atom. The first-order chi connectivity index (χ1) is 10.4. The highest BCUT2D eigenvalue weighted by Crippen LogP contribution is 2.35. The van der Waals surface area contributed by atoms with Gasteiger partial charge in [0.2, 0.25) is 5.91 Å². The van der Waals surface area contributed by atoms with Gasteiger partial charge in [0, 0.05) is 36.5 Å². The molecule has 0 radical (unpaired) electrons. The summed E-state index contributed by atoms with van der Waals surface area (Å²) in [5, 5.41) is 18.3. The number of carboxylic acids is 1. The van der Waals surface area contributed by atoms with Crippen molar-refractivity contribution in [3.63, 3.8) is 0 Å². The van der Waals surface area contributed by atoms with Crippen LogP contribution in [0.15, 0.2) is 11.6 Å². The van der Waals surface area contributed by atoms with Crippen LogP contribution in [-0.2, 0) is 9.59 Å². The Morgan fingerprint density at radius 3 is 2.70 bits per heavy atom. The van der Waals surface area contributed by atoms with E-state index in [1.54, 1.807) is 6.20 Å². The fraction of sp³-hybridized carbons (Fsp3) is 0.667. The van der Waals surface area contributed by atoms with Gasteiger partial charge in [-0.25, -0.2) is 4.98 Å². The molecule has 1 amide bonds. The fourth-order valence-electron chi connectivity index (χ4n) is 3.12. The fourth-order valence-corrected chi connectivity index (χ4v) is 3.92. The molecule has 1 aromatic heterocycles. The quantitative estimate of drug-likeness (QED) is 0.721. The van der Waals surface area contributed by atoms with Gasteiger partial charge in [-0.1, -0.05) is 13.8 Å². The molecule has 2 heterocycles. The molecule has 0 aliphatic carbocycles. The summed E-state index contributed by atoms with van der Waals surface area (Å²) in [5.74, 6) is -0.532. The van der Waals surface area contributed by atoms with Crippen molar-refractivity contribution in [3.05, 3.63) is 16.6 Å².